The van der Waals surface area contributed by atoms with E-state index in [1.165, 1.54) is 12.1 Å². The Hall–Kier alpha value is -4.12. The number of nitriles is 1. The number of carbonyl (C=O) groups is 1. The largest absolute Gasteiger partial charge is 0.369 e. The third-order valence-electron chi connectivity index (χ3n) is 6.99. The zero-order valence-electron chi connectivity index (χ0n) is 18.8. The SMILES string of the molecule is Cn1cc(-c2cc3c(N4CCC[C@@H](N5Cc6ccc(F)cc6C5=O)C4)ccc(C#N)c3[nH]2)cn1. The molecule has 2 aliphatic heterocycles. The molecule has 2 aromatic carbocycles. The zero-order chi connectivity index (χ0) is 23.4. The second-order valence-electron chi connectivity index (χ2n) is 9.10. The molecule has 1 saturated heterocycles. The van der Waals surface area contributed by atoms with Gasteiger partial charge >= 0.3 is 0 Å². The van der Waals surface area contributed by atoms with Crippen molar-refractivity contribution in [3.8, 4) is 17.3 Å². The number of rotatable bonds is 3. The number of aromatic nitrogens is 3. The summed E-state index contributed by atoms with van der Waals surface area (Å²) in [6.45, 7) is 2.08. The Kier molecular flexibility index (Phi) is 4.66. The topological polar surface area (TPSA) is 81.0 Å². The summed E-state index contributed by atoms with van der Waals surface area (Å²) in [5, 5.41) is 14.9. The third-order valence-corrected chi connectivity index (χ3v) is 6.99. The molecule has 7 nitrogen and oxygen atoms in total. The molecule has 0 saturated carbocycles. The number of carbonyl (C=O) groups excluding carboxylic acids is 1. The van der Waals surface area contributed by atoms with Crippen LogP contribution in [0, 0.1) is 17.1 Å². The highest BCUT2D eigenvalue weighted by Crippen LogP contribution is 2.36. The third kappa shape index (κ3) is 3.24. The second-order valence-corrected chi connectivity index (χ2v) is 9.10. The van der Waals surface area contributed by atoms with Gasteiger partial charge in [-0.3, -0.25) is 9.48 Å². The molecule has 4 aromatic rings. The van der Waals surface area contributed by atoms with Gasteiger partial charge in [0.15, 0.2) is 0 Å². The van der Waals surface area contributed by atoms with Crippen molar-refractivity contribution in [3.05, 3.63) is 71.3 Å². The Bertz CT molecular complexity index is 1480. The van der Waals surface area contributed by atoms with E-state index in [2.05, 4.69) is 27.1 Å². The van der Waals surface area contributed by atoms with E-state index in [0.717, 1.165) is 52.8 Å². The number of anilines is 1. The number of fused-ring (bicyclic) bond motifs is 2. The number of benzene rings is 2. The van der Waals surface area contributed by atoms with Crippen molar-refractivity contribution in [1.82, 2.24) is 19.7 Å². The molecule has 4 heterocycles. The number of aromatic amines is 1. The highest BCUT2D eigenvalue weighted by Gasteiger charge is 2.35. The molecule has 2 aromatic heterocycles. The normalized spacial score (nSPS) is 17.9. The van der Waals surface area contributed by atoms with E-state index in [0.29, 0.717) is 24.2 Å². The first-order valence-corrected chi connectivity index (χ1v) is 11.4. The molecule has 0 radical (unpaired) electrons. The van der Waals surface area contributed by atoms with Gasteiger partial charge in [0.05, 0.1) is 17.3 Å². The van der Waals surface area contributed by atoms with E-state index < -0.39 is 0 Å². The molecular weight excluding hydrogens is 431 g/mol. The maximum atomic E-state index is 13.7. The van der Waals surface area contributed by atoms with Gasteiger partial charge in [-0.2, -0.15) is 10.4 Å². The van der Waals surface area contributed by atoms with Gasteiger partial charge in [-0.15, -0.1) is 0 Å². The summed E-state index contributed by atoms with van der Waals surface area (Å²) >= 11 is 0. The van der Waals surface area contributed by atoms with Crippen molar-refractivity contribution >= 4 is 22.5 Å². The van der Waals surface area contributed by atoms with Crippen LogP contribution in [-0.4, -0.2) is 44.7 Å². The fourth-order valence-corrected chi connectivity index (χ4v) is 5.31. The lowest BCUT2D eigenvalue weighted by atomic mass is 10.0. The first-order chi connectivity index (χ1) is 16.5. The average Bonchev–Trinajstić information content (AvgIpc) is 3.56. The summed E-state index contributed by atoms with van der Waals surface area (Å²) in [4.78, 5) is 20.6. The van der Waals surface area contributed by atoms with Crippen molar-refractivity contribution in [3.63, 3.8) is 0 Å². The Morgan fingerprint density at radius 2 is 2.12 bits per heavy atom. The number of halogens is 1. The van der Waals surface area contributed by atoms with Crippen molar-refractivity contribution < 1.29 is 9.18 Å². The summed E-state index contributed by atoms with van der Waals surface area (Å²) in [5.41, 5.74) is 5.67. The van der Waals surface area contributed by atoms with Gasteiger partial charge in [0.2, 0.25) is 0 Å². The van der Waals surface area contributed by atoms with Crippen LogP contribution in [0.4, 0.5) is 10.1 Å². The predicted octanol–water partition coefficient (Wildman–Crippen LogP) is 4.20. The smallest absolute Gasteiger partial charge is 0.254 e. The van der Waals surface area contributed by atoms with Crippen molar-refractivity contribution in [2.24, 2.45) is 7.05 Å². The van der Waals surface area contributed by atoms with Gasteiger partial charge in [0, 0.05) is 66.8 Å². The molecular formula is C26H23FN6O. The van der Waals surface area contributed by atoms with Crippen molar-refractivity contribution in [2.75, 3.05) is 18.0 Å². The van der Waals surface area contributed by atoms with Gasteiger partial charge in [-0.1, -0.05) is 6.07 Å². The summed E-state index contributed by atoms with van der Waals surface area (Å²) in [6, 6.07) is 12.7. The Morgan fingerprint density at radius 3 is 2.91 bits per heavy atom. The highest BCUT2D eigenvalue weighted by molar-refractivity contribution is 6.00. The molecule has 1 atom stereocenters. The molecule has 170 valence electrons. The van der Waals surface area contributed by atoms with Gasteiger partial charge in [-0.05, 0) is 48.7 Å². The van der Waals surface area contributed by atoms with Crippen LogP contribution in [0.1, 0.15) is 34.3 Å². The molecule has 1 fully saturated rings. The molecule has 0 aliphatic carbocycles. The Morgan fingerprint density at radius 1 is 1.24 bits per heavy atom. The fraction of sp³-hybridized carbons (Fsp3) is 0.269. The molecule has 0 bridgehead atoms. The monoisotopic (exact) mass is 454 g/mol. The highest BCUT2D eigenvalue weighted by atomic mass is 19.1. The summed E-state index contributed by atoms with van der Waals surface area (Å²) in [5.74, 6) is -0.470. The van der Waals surface area contributed by atoms with E-state index in [-0.39, 0.29) is 17.8 Å². The predicted molar refractivity (Wildman–Crippen MR) is 127 cm³/mol. The van der Waals surface area contributed by atoms with Crippen molar-refractivity contribution in [2.45, 2.75) is 25.4 Å². The fourth-order valence-electron chi connectivity index (χ4n) is 5.31. The number of nitrogens with one attached hydrogen (secondary N) is 1. The van der Waals surface area contributed by atoms with Crippen LogP contribution in [0.2, 0.25) is 0 Å². The van der Waals surface area contributed by atoms with E-state index in [9.17, 15) is 14.4 Å². The minimum absolute atomic E-state index is 0.0409. The van der Waals surface area contributed by atoms with Crippen LogP contribution < -0.4 is 4.90 Å². The van der Waals surface area contributed by atoms with E-state index in [1.54, 1.807) is 16.9 Å². The lowest BCUT2D eigenvalue weighted by molar-refractivity contribution is 0.0685. The Labute approximate surface area is 196 Å². The van der Waals surface area contributed by atoms with Crippen LogP contribution >= 0.6 is 0 Å². The van der Waals surface area contributed by atoms with Crippen LogP contribution in [0.15, 0.2) is 48.8 Å². The zero-order valence-corrected chi connectivity index (χ0v) is 18.8. The number of hydrogen-bond acceptors (Lipinski definition) is 4. The molecule has 0 unspecified atom stereocenters. The van der Waals surface area contributed by atoms with Gasteiger partial charge in [0.25, 0.3) is 5.91 Å². The second kappa shape index (κ2) is 7.73. The standard InChI is InChI=1S/C26H23FN6O/c1-31-13-18(12-29-31)23-10-22-24(7-5-16(11-28)25(22)30-23)32-8-2-3-20(15-32)33-14-17-4-6-19(27)9-21(17)26(33)34/h4-7,9-10,12-13,20,30H,2-3,8,14-15H2,1H3/t20-/m1/s1. The molecule has 2 aliphatic rings. The minimum Gasteiger partial charge on any atom is -0.369 e. The first-order valence-electron chi connectivity index (χ1n) is 11.4. The average molecular weight is 455 g/mol. The lowest BCUT2D eigenvalue weighted by Gasteiger charge is -2.39. The molecule has 34 heavy (non-hydrogen) atoms. The maximum absolute atomic E-state index is 13.7. The van der Waals surface area contributed by atoms with Crippen LogP contribution in [0.3, 0.4) is 0 Å². The van der Waals surface area contributed by atoms with Gasteiger partial charge in [-0.25, -0.2) is 4.39 Å². The Balaban J connectivity index is 1.33. The number of aryl methyl sites for hydroxylation is 1. The van der Waals surface area contributed by atoms with Crippen LogP contribution in [0.5, 0.6) is 0 Å². The number of H-pyrrole nitrogens is 1. The van der Waals surface area contributed by atoms with Gasteiger partial charge < -0.3 is 14.8 Å². The van der Waals surface area contributed by atoms with Crippen LogP contribution in [-0.2, 0) is 13.6 Å². The number of amides is 1. The summed E-state index contributed by atoms with van der Waals surface area (Å²) in [6.07, 6.45) is 5.59. The molecule has 1 N–H and O–H groups in total. The van der Waals surface area contributed by atoms with Crippen LogP contribution in [0.25, 0.3) is 22.2 Å². The first kappa shape index (κ1) is 20.5. The van der Waals surface area contributed by atoms with E-state index in [4.69, 9.17) is 0 Å². The molecule has 0 spiro atoms. The molecule has 6 rings (SSSR count). The molecule has 8 heteroatoms. The van der Waals surface area contributed by atoms with E-state index in [1.807, 2.05) is 30.3 Å². The number of nitrogens with zero attached hydrogens (tertiary/aromatic N) is 5. The quantitative estimate of drug-likeness (QED) is 0.503. The maximum Gasteiger partial charge on any atom is 0.254 e. The van der Waals surface area contributed by atoms with Crippen molar-refractivity contribution in [1.29, 1.82) is 5.26 Å². The van der Waals surface area contributed by atoms with E-state index >= 15 is 0 Å². The number of piperidine rings is 1. The lowest BCUT2D eigenvalue weighted by Crippen LogP contribution is -2.48. The summed E-state index contributed by atoms with van der Waals surface area (Å²) in [7, 11) is 1.87. The summed E-state index contributed by atoms with van der Waals surface area (Å²) < 4.78 is 15.5. The molecule has 1 amide bonds. The van der Waals surface area contributed by atoms with Gasteiger partial charge in [0.1, 0.15) is 11.9 Å². The minimum atomic E-state index is -0.379. The number of hydrogen-bond donors (Lipinski definition) is 1.